The summed E-state index contributed by atoms with van der Waals surface area (Å²) in [5.41, 5.74) is 1.62. The third-order valence-corrected chi connectivity index (χ3v) is 5.53. The number of nitrogens with zero attached hydrogens (tertiary/aromatic N) is 3. The van der Waals surface area contributed by atoms with Gasteiger partial charge in [-0.05, 0) is 24.1 Å². The molecule has 0 aliphatic carbocycles. The lowest BCUT2D eigenvalue weighted by atomic mass is 10.1. The number of ether oxygens (including phenoxy) is 1. The Labute approximate surface area is 197 Å². The van der Waals surface area contributed by atoms with Gasteiger partial charge in [-0.2, -0.15) is 5.10 Å². The van der Waals surface area contributed by atoms with Crippen molar-refractivity contribution in [2.45, 2.75) is 26.1 Å². The predicted octanol–water partition coefficient (Wildman–Crippen LogP) is 3.71. The molecule has 0 saturated carbocycles. The van der Waals surface area contributed by atoms with Crippen LogP contribution in [0.25, 0.3) is 10.8 Å². The van der Waals surface area contributed by atoms with Crippen LogP contribution in [0, 0.1) is 0 Å². The summed E-state index contributed by atoms with van der Waals surface area (Å²) in [5, 5.41) is 4.85. The lowest BCUT2D eigenvalue weighted by Gasteiger charge is -2.26. The minimum Gasteiger partial charge on any atom is -0.448 e. The van der Waals surface area contributed by atoms with E-state index >= 15 is 0 Å². The quantitative estimate of drug-likeness (QED) is 0.397. The summed E-state index contributed by atoms with van der Waals surface area (Å²) in [6, 6.07) is 26.0. The number of hydrogen-bond donors (Lipinski definition) is 0. The van der Waals surface area contributed by atoms with Gasteiger partial charge in [0.25, 0.3) is 11.5 Å². The van der Waals surface area contributed by atoms with Crippen molar-refractivity contribution in [3.63, 3.8) is 0 Å². The molecule has 3 aromatic carbocycles. The van der Waals surface area contributed by atoms with Gasteiger partial charge in [0.05, 0.1) is 5.39 Å². The monoisotopic (exact) mass is 455 g/mol. The topological polar surface area (TPSA) is 81.5 Å². The molecule has 172 valence electrons. The molecule has 0 N–H and O–H groups in total. The summed E-state index contributed by atoms with van der Waals surface area (Å²) >= 11 is 0. The number of fused-ring (bicyclic) bond motifs is 1. The van der Waals surface area contributed by atoms with E-state index in [4.69, 9.17) is 4.74 Å². The summed E-state index contributed by atoms with van der Waals surface area (Å²) in [4.78, 5) is 40.4. The number of hydrogen-bond acceptors (Lipinski definition) is 5. The van der Waals surface area contributed by atoms with Crippen LogP contribution in [0.1, 0.15) is 28.5 Å². The zero-order chi connectivity index (χ0) is 24.1. The molecule has 1 unspecified atom stereocenters. The zero-order valence-corrected chi connectivity index (χ0v) is 19.0. The molecule has 0 saturated heterocycles. The molecule has 1 atom stereocenters. The predicted molar refractivity (Wildman–Crippen MR) is 129 cm³/mol. The molecule has 4 aromatic rings. The molecule has 0 spiro atoms. The second-order valence-corrected chi connectivity index (χ2v) is 8.04. The smallest absolute Gasteiger partial charge is 0.360 e. The third kappa shape index (κ3) is 5.04. The van der Waals surface area contributed by atoms with Gasteiger partial charge in [-0.25, -0.2) is 9.48 Å². The number of esters is 1. The highest BCUT2D eigenvalue weighted by atomic mass is 16.5. The number of amides is 1. The van der Waals surface area contributed by atoms with Gasteiger partial charge in [-0.3, -0.25) is 9.59 Å². The van der Waals surface area contributed by atoms with Crippen LogP contribution in [0.4, 0.5) is 0 Å². The summed E-state index contributed by atoms with van der Waals surface area (Å²) in [6.07, 6.45) is -1.04. The van der Waals surface area contributed by atoms with Gasteiger partial charge < -0.3 is 9.64 Å². The minimum atomic E-state index is -1.04. The second-order valence-electron chi connectivity index (χ2n) is 8.04. The molecule has 1 amide bonds. The highest BCUT2D eigenvalue weighted by Crippen LogP contribution is 2.17. The van der Waals surface area contributed by atoms with E-state index in [0.717, 1.165) is 15.8 Å². The average Bonchev–Trinajstić information content (AvgIpc) is 2.86. The fraction of sp³-hybridized carbons (Fsp3) is 0.185. The molecular formula is C27H25N3O4. The average molecular weight is 456 g/mol. The Morgan fingerprint density at radius 1 is 0.853 bits per heavy atom. The van der Waals surface area contributed by atoms with Crippen molar-refractivity contribution in [1.82, 2.24) is 14.7 Å². The van der Waals surface area contributed by atoms with Gasteiger partial charge in [-0.1, -0.05) is 78.9 Å². The van der Waals surface area contributed by atoms with E-state index in [-0.39, 0.29) is 17.2 Å². The van der Waals surface area contributed by atoms with E-state index in [9.17, 15) is 14.4 Å². The van der Waals surface area contributed by atoms with Gasteiger partial charge in [0, 0.05) is 25.5 Å². The summed E-state index contributed by atoms with van der Waals surface area (Å²) in [7, 11) is 1.47. The first-order valence-corrected chi connectivity index (χ1v) is 11.0. The molecule has 7 nitrogen and oxygen atoms in total. The standard InChI is InChI=1S/C27H25N3O4/c1-19(34-27(33)24-22-15-9-10-16-23(22)26(32)29(2)28-24)25(31)30(17-20-11-5-3-6-12-20)18-21-13-7-4-8-14-21/h3-16,19H,17-18H2,1-2H3. The maximum absolute atomic E-state index is 13.4. The summed E-state index contributed by atoms with van der Waals surface area (Å²) < 4.78 is 6.65. The first kappa shape index (κ1) is 22.9. The van der Waals surface area contributed by atoms with Gasteiger partial charge in [-0.15, -0.1) is 0 Å². The van der Waals surface area contributed by atoms with Crippen LogP contribution < -0.4 is 5.56 Å². The van der Waals surface area contributed by atoms with Crippen molar-refractivity contribution in [2.24, 2.45) is 7.05 Å². The Hall–Kier alpha value is -4.26. The maximum Gasteiger partial charge on any atom is 0.360 e. The number of benzene rings is 3. The molecule has 7 heteroatoms. The molecule has 0 aliphatic heterocycles. The van der Waals surface area contributed by atoms with Crippen molar-refractivity contribution < 1.29 is 14.3 Å². The van der Waals surface area contributed by atoms with Gasteiger partial charge in [0.1, 0.15) is 0 Å². The van der Waals surface area contributed by atoms with E-state index in [1.165, 1.54) is 7.05 Å². The lowest BCUT2D eigenvalue weighted by molar-refractivity contribution is -0.141. The van der Waals surface area contributed by atoms with Crippen LogP contribution in [0.15, 0.2) is 89.7 Å². The van der Waals surface area contributed by atoms with E-state index in [1.807, 2.05) is 60.7 Å². The Balaban J connectivity index is 1.57. The van der Waals surface area contributed by atoms with Crippen molar-refractivity contribution in [3.8, 4) is 0 Å². The largest absolute Gasteiger partial charge is 0.448 e. The molecule has 0 fully saturated rings. The van der Waals surface area contributed by atoms with Crippen LogP contribution in [-0.4, -0.2) is 32.7 Å². The molecule has 34 heavy (non-hydrogen) atoms. The van der Waals surface area contributed by atoms with Crippen LogP contribution in [0.2, 0.25) is 0 Å². The van der Waals surface area contributed by atoms with E-state index < -0.39 is 12.1 Å². The normalized spacial score (nSPS) is 11.7. The van der Waals surface area contributed by atoms with E-state index in [0.29, 0.717) is 23.9 Å². The highest BCUT2D eigenvalue weighted by Gasteiger charge is 2.27. The highest BCUT2D eigenvalue weighted by molar-refractivity contribution is 6.02. The maximum atomic E-state index is 13.4. The molecular weight excluding hydrogens is 430 g/mol. The van der Waals surface area contributed by atoms with E-state index in [1.54, 1.807) is 36.1 Å². The zero-order valence-electron chi connectivity index (χ0n) is 19.0. The first-order valence-electron chi connectivity index (χ1n) is 11.0. The molecule has 4 rings (SSSR count). The fourth-order valence-corrected chi connectivity index (χ4v) is 3.79. The Kier molecular flexibility index (Phi) is 6.82. The Morgan fingerprint density at radius 3 is 1.91 bits per heavy atom. The van der Waals surface area contributed by atoms with Crippen molar-refractivity contribution in [2.75, 3.05) is 0 Å². The molecule has 1 heterocycles. The van der Waals surface area contributed by atoms with E-state index in [2.05, 4.69) is 5.10 Å². The molecule has 0 radical (unpaired) electrons. The summed E-state index contributed by atoms with van der Waals surface area (Å²) in [5.74, 6) is -1.08. The number of aryl methyl sites for hydroxylation is 1. The van der Waals surface area contributed by atoms with Crippen molar-refractivity contribution in [1.29, 1.82) is 0 Å². The third-order valence-electron chi connectivity index (χ3n) is 5.53. The molecule has 0 bridgehead atoms. The SMILES string of the molecule is CC(OC(=O)c1nn(C)c(=O)c2ccccc12)C(=O)N(Cc1ccccc1)Cc1ccccc1. The first-order chi connectivity index (χ1) is 16.4. The van der Waals surface area contributed by atoms with Gasteiger partial charge in [0.15, 0.2) is 11.8 Å². The van der Waals surface area contributed by atoms with Gasteiger partial charge >= 0.3 is 5.97 Å². The minimum absolute atomic E-state index is 0.00461. The van der Waals surface area contributed by atoms with Crippen LogP contribution in [0.3, 0.4) is 0 Å². The molecule has 0 aliphatic rings. The van der Waals surface area contributed by atoms with Crippen LogP contribution >= 0.6 is 0 Å². The molecule has 1 aromatic heterocycles. The van der Waals surface area contributed by atoms with Crippen LogP contribution in [-0.2, 0) is 29.7 Å². The van der Waals surface area contributed by atoms with Crippen molar-refractivity contribution >= 4 is 22.6 Å². The van der Waals surface area contributed by atoms with Crippen molar-refractivity contribution in [3.05, 3.63) is 112 Å². The van der Waals surface area contributed by atoms with Crippen LogP contribution in [0.5, 0.6) is 0 Å². The summed E-state index contributed by atoms with van der Waals surface area (Å²) in [6.45, 7) is 2.29. The number of carbonyl (C=O) groups excluding carboxylic acids is 2. The second kappa shape index (κ2) is 10.1. The number of carbonyl (C=O) groups is 2. The Bertz CT molecular complexity index is 1330. The lowest BCUT2D eigenvalue weighted by Crippen LogP contribution is -2.39. The fourth-order valence-electron chi connectivity index (χ4n) is 3.79. The number of aromatic nitrogens is 2. The van der Waals surface area contributed by atoms with Gasteiger partial charge in [0.2, 0.25) is 0 Å². The number of rotatable bonds is 7. The Morgan fingerprint density at radius 2 is 1.35 bits per heavy atom.